The van der Waals surface area contributed by atoms with Gasteiger partial charge in [0.25, 0.3) is 0 Å². The van der Waals surface area contributed by atoms with E-state index in [9.17, 15) is 4.79 Å². The molecule has 118 valence electrons. The van der Waals surface area contributed by atoms with Crippen molar-refractivity contribution in [2.45, 2.75) is 52.5 Å². The van der Waals surface area contributed by atoms with Crippen molar-refractivity contribution in [2.75, 3.05) is 33.2 Å². The molecule has 4 nitrogen and oxygen atoms in total. The van der Waals surface area contributed by atoms with Crippen molar-refractivity contribution in [1.82, 2.24) is 9.80 Å². The summed E-state index contributed by atoms with van der Waals surface area (Å²) in [6.45, 7) is 10.2. The Kier molecular flexibility index (Phi) is 7.52. The fourth-order valence-corrected chi connectivity index (χ4v) is 3.21. The molecule has 0 radical (unpaired) electrons. The minimum absolute atomic E-state index is 0.309. The van der Waals surface area contributed by atoms with Crippen LogP contribution in [-0.2, 0) is 4.79 Å². The Hall–Kier alpha value is -0.610. The smallest absolute Gasteiger partial charge is 0.223 e. The molecule has 1 heterocycles. The second-order valence-electron chi connectivity index (χ2n) is 6.70. The van der Waals surface area contributed by atoms with Crippen molar-refractivity contribution in [2.24, 2.45) is 17.6 Å². The van der Waals surface area contributed by atoms with Gasteiger partial charge in [-0.1, -0.05) is 20.8 Å². The van der Waals surface area contributed by atoms with Crippen molar-refractivity contribution in [3.63, 3.8) is 0 Å². The molecule has 0 aromatic carbocycles. The standard InChI is InChI=1S/C16H33N3O/c1-5-15-12-18(4)7-6-8-19(15)16(20)10-14(11-17)9-13(2)3/h13-15H,5-12,17H2,1-4H3. The molecule has 0 bridgehead atoms. The number of rotatable bonds is 6. The lowest BCUT2D eigenvalue weighted by Crippen LogP contribution is -2.44. The zero-order valence-electron chi connectivity index (χ0n) is 13.8. The van der Waals surface area contributed by atoms with E-state index in [1.54, 1.807) is 0 Å². The van der Waals surface area contributed by atoms with Gasteiger partial charge in [-0.2, -0.15) is 0 Å². The van der Waals surface area contributed by atoms with Crippen molar-refractivity contribution >= 4 is 5.91 Å². The van der Waals surface area contributed by atoms with Crippen LogP contribution in [0.4, 0.5) is 0 Å². The number of likely N-dealkylation sites (N-methyl/N-ethyl adjacent to an activating group) is 1. The Bertz CT molecular complexity index is 293. The van der Waals surface area contributed by atoms with Crippen LogP contribution < -0.4 is 5.73 Å². The largest absolute Gasteiger partial charge is 0.338 e. The molecule has 0 aliphatic carbocycles. The quantitative estimate of drug-likeness (QED) is 0.810. The van der Waals surface area contributed by atoms with Crippen molar-refractivity contribution < 1.29 is 4.79 Å². The van der Waals surface area contributed by atoms with Gasteiger partial charge in [-0.3, -0.25) is 4.79 Å². The third-order valence-corrected chi connectivity index (χ3v) is 4.30. The zero-order valence-corrected chi connectivity index (χ0v) is 13.8. The second-order valence-corrected chi connectivity index (χ2v) is 6.70. The van der Waals surface area contributed by atoms with Crippen molar-refractivity contribution in [1.29, 1.82) is 0 Å². The van der Waals surface area contributed by atoms with Crippen LogP contribution in [0.5, 0.6) is 0 Å². The second kappa shape index (κ2) is 8.63. The highest BCUT2D eigenvalue weighted by atomic mass is 16.2. The Morgan fingerprint density at radius 1 is 1.35 bits per heavy atom. The topological polar surface area (TPSA) is 49.6 Å². The lowest BCUT2D eigenvalue weighted by Gasteiger charge is -2.31. The number of amides is 1. The van der Waals surface area contributed by atoms with Crippen LogP contribution in [0.3, 0.4) is 0 Å². The molecule has 1 rings (SSSR count). The molecule has 0 aromatic rings. The number of carbonyl (C=O) groups excluding carboxylic acids is 1. The van der Waals surface area contributed by atoms with E-state index in [1.165, 1.54) is 0 Å². The Balaban J connectivity index is 2.62. The first-order valence-corrected chi connectivity index (χ1v) is 8.15. The Morgan fingerprint density at radius 3 is 2.60 bits per heavy atom. The van der Waals surface area contributed by atoms with E-state index in [2.05, 4.69) is 37.6 Å². The number of nitrogens with two attached hydrogens (primary N) is 1. The van der Waals surface area contributed by atoms with Crippen LogP contribution >= 0.6 is 0 Å². The minimum atomic E-state index is 0.309. The molecule has 2 unspecified atom stereocenters. The summed E-state index contributed by atoms with van der Waals surface area (Å²) < 4.78 is 0. The van der Waals surface area contributed by atoms with Crippen LogP contribution in [-0.4, -0.2) is 55.0 Å². The van der Waals surface area contributed by atoms with Gasteiger partial charge in [0.2, 0.25) is 5.91 Å². The van der Waals surface area contributed by atoms with Gasteiger partial charge in [-0.15, -0.1) is 0 Å². The molecule has 2 N–H and O–H groups in total. The van der Waals surface area contributed by atoms with E-state index < -0.39 is 0 Å². The van der Waals surface area contributed by atoms with E-state index in [0.29, 0.717) is 36.8 Å². The number of hydrogen-bond donors (Lipinski definition) is 1. The summed E-state index contributed by atoms with van der Waals surface area (Å²) >= 11 is 0. The molecule has 1 fully saturated rings. The molecule has 1 saturated heterocycles. The first kappa shape index (κ1) is 17.4. The lowest BCUT2D eigenvalue weighted by atomic mass is 9.93. The molecule has 0 spiro atoms. The summed E-state index contributed by atoms with van der Waals surface area (Å²) in [6, 6.07) is 0.368. The lowest BCUT2D eigenvalue weighted by molar-refractivity contribution is -0.134. The van der Waals surface area contributed by atoms with Crippen LogP contribution in [0.2, 0.25) is 0 Å². The van der Waals surface area contributed by atoms with Gasteiger partial charge in [0.1, 0.15) is 0 Å². The van der Waals surface area contributed by atoms with Gasteiger partial charge < -0.3 is 15.5 Å². The molecule has 1 aliphatic heterocycles. The maximum atomic E-state index is 12.6. The van der Waals surface area contributed by atoms with E-state index >= 15 is 0 Å². The van der Waals surface area contributed by atoms with Gasteiger partial charge in [-0.05, 0) is 51.2 Å². The summed E-state index contributed by atoms with van der Waals surface area (Å²) in [5.74, 6) is 1.25. The fraction of sp³-hybridized carbons (Fsp3) is 0.938. The first-order chi connectivity index (χ1) is 9.47. The van der Waals surface area contributed by atoms with Crippen LogP contribution in [0, 0.1) is 11.8 Å². The van der Waals surface area contributed by atoms with E-state index in [0.717, 1.165) is 38.9 Å². The monoisotopic (exact) mass is 283 g/mol. The number of hydrogen-bond acceptors (Lipinski definition) is 3. The normalized spacial score (nSPS) is 22.9. The molecule has 0 saturated carbocycles. The SMILES string of the molecule is CCC1CN(C)CCCN1C(=O)CC(CN)CC(C)C. The zero-order chi connectivity index (χ0) is 15.1. The van der Waals surface area contributed by atoms with Gasteiger partial charge >= 0.3 is 0 Å². The van der Waals surface area contributed by atoms with Crippen LogP contribution in [0.1, 0.15) is 46.5 Å². The Morgan fingerprint density at radius 2 is 2.05 bits per heavy atom. The maximum Gasteiger partial charge on any atom is 0.223 e. The maximum absolute atomic E-state index is 12.6. The first-order valence-electron chi connectivity index (χ1n) is 8.15. The fourth-order valence-electron chi connectivity index (χ4n) is 3.21. The molecule has 2 atom stereocenters. The molecular formula is C16H33N3O. The third-order valence-electron chi connectivity index (χ3n) is 4.30. The van der Waals surface area contributed by atoms with Gasteiger partial charge in [0.05, 0.1) is 0 Å². The highest BCUT2D eigenvalue weighted by molar-refractivity contribution is 5.77. The van der Waals surface area contributed by atoms with E-state index in [4.69, 9.17) is 5.73 Å². The molecular weight excluding hydrogens is 250 g/mol. The Labute approximate surface area is 124 Å². The minimum Gasteiger partial charge on any atom is -0.338 e. The highest BCUT2D eigenvalue weighted by Gasteiger charge is 2.27. The van der Waals surface area contributed by atoms with Crippen LogP contribution in [0.25, 0.3) is 0 Å². The molecule has 0 aromatic heterocycles. The number of carbonyl (C=O) groups is 1. The molecule has 20 heavy (non-hydrogen) atoms. The predicted molar refractivity (Wildman–Crippen MR) is 84.5 cm³/mol. The predicted octanol–water partition coefficient (Wildman–Crippen LogP) is 1.94. The van der Waals surface area contributed by atoms with Gasteiger partial charge in [0, 0.05) is 25.6 Å². The number of nitrogens with zero attached hydrogens (tertiary/aromatic N) is 2. The summed E-state index contributed by atoms with van der Waals surface area (Å²) in [4.78, 5) is 17.1. The van der Waals surface area contributed by atoms with E-state index in [1.807, 2.05) is 0 Å². The van der Waals surface area contributed by atoms with Crippen LogP contribution in [0.15, 0.2) is 0 Å². The van der Waals surface area contributed by atoms with Gasteiger partial charge in [-0.25, -0.2) is 0 Å². The molecule has 1 aliphatic rings. The highest BCUT2D eigenvalue weighted by Crippen LogP contribution is 2.19. The average Bonchev–Trinajstić information content (AvgIpc) is 2.58. The summed E-state index contributed by atoms with van der Waals surface area (Å²) in [7, 11) is 2.15. The van der Waals surface area contributed by atoms with Crippen molar-refractivity contribution in [3.8, 4) is 0 Å². The van der Waals surface area contributed by atoms with Crippen molar-refractivity contribution in [3.05, 3.63) is 0 Å². The summed E-state index contributed by atoms with van der Waals surface area (Å²) in [5, 5.41) is 0. The van der Waals surface area contributed by atoms with Gasteiger partial charge in [0.15, 0.2) is 0 Å². The third kappa shape index (κ3) is 5.41. The average molecular weight is 283 g/mol. The summed E-state index contributed by atoms with van der Waals surface area (Å²) in [5.41, 5.74) is 5.84. The molecule has 4 heteroatoms. The summed E-state index contributed by atoms with van der Waals surface area (Å²) in [6.07, 6.45) is 3.78. The van der Waals surface area contributed by atoms with E-state index in [-0.39, 0.29) is 0 Å². The molecule has 1 amide bonds.